The lowest BCUT2D eigenvalue weighted by Gasteiger charge is -2.35. The summed E-state index contributed by atoms with van der Waals surface area (Å²) in [7, 11) is 2.05. The summed E-state index contributed by atoms with van der Waals surface area (Å²) in [5, 5.41) is 1.35. The van der Waals surface area contributed by atoms with E-state index >= 15 is 0 Å². The van der Waals surface area contributed by atoms with Crippen LogP contribution in [-0.4, -0.2) is 30.8 Å². The zero-order chi connectivity index (χ0) is 15.7. The van der Waals surface area contributed by atoms with Crippen LogP contribution in [0.3, 0.4) is 0 Å². The molecular formula is C18H17Cl2NO. The minimum absolute atomic E-state index is 0.125. The molecule has 2 nitrogen and oxygen atoms in total. The molecule has 4 heteroatoms. The molecule has 114 valence electrons. The number of likely N-dealkylation sites (tertiary alicyclic amines) is 1. The van der Waals surface area contributed by atoms with Gasteiger partial charge < -0.3 is 4.90 Å². The van der Waals surface area contributed by atoms with Crippen LogP contribution in [0, 0.1) is 0 Å². The van der Waals surface area contributed by atoms with E-state index in [1.54, 1.807) is 0 Å². The quantitative estimate of drug-likeness (QED) is 0.813. The van der Waals surface area contributed by atoms with Gasteiger partial charge in [-0.25, -0.2) is 0 Å². The molecule has 0 bridgehead atoms. The summed E-state index contributed by atoms with van der Waals surface area (Å²) in [4.78, 5) is 15.2. The van der Waals surface area contributed by atoms with Crippen LogP contribution in [0.25, 0.3) is 0 Å². The zero-order valence-corrected chi connectivity index (χ0v) is 13.8. The molecule has 1 saturated heterocycles. The number of carbonyl (C=O) groups excluding carboxylic acids is 1. The van der Waals surface area contributed by atoms with E-state index in [1.165, 1.54) is 0 Å². The van der Waals surface area contributed by atoms with E-state index in [0.717, 1.165) is 24.2 Å². The first-order valence-electron chi connectivity index (χ1n) is 7.28. The van der Waals surface area contributed by atoms with Gasteiger partial charge in [-0.05, 0) is 42.4 Å². The van der Waals surface area contributed by atoms with E-state index in [0.29, 0.717) is 10.0 Å². The zero-order valence-electron chi connectivity index (χ0n) is 12.3. The van der Waals surface area contributed by atoms with Gasteiger partial charge in [0.1, 0.15) is 5.78 Å². The molecule has 0 N–H and O–H groups in total. The third-order valence-electron chi connectivity index (χ3n) is 4.20. The molecule has 3 rings (SSSR count). The van der Waals surface area contributed by atoms with Gasteiger partial charge in [-0.15, -0.1) is 0 Å². The molecule has 1 aliphatic rings. The average Bonchev–Trinajstić information content (AvgIpc) is 2.50. The number of hydrogen-bond acceptors (Lipinski definition) is 2. The second kappa shape index (κ2) is 6.41. The number of likely N-dealkylation sites (N-methyl/N-ethyl adjacent to an activating group) is 1. The van der Waals surface area contributed by atoms with Gasteiger partial charge in [0.15, 0.2) is 0 Å². The van der Waals surface area contributed by atoms with E-state index in [9.17, 15) is 4.79 Å². The van der Waals surface area contributed by atoms with Gasteiger partial charge in [0.25, 0.3) is 0 Å². The minimum atomic E-state index is -0.141. The van der Waals surface area contributed by atoms with Crippen molar-refractivity contribution in [2.45, 2.75) is 11.8 Å². The molecule has 2 aromatic rings. The van der Waals surface area contributed by atoms with Gasteiger partial charge in [0, 0.05) is 23.1 Å². The van der Waals surface area contributed by atoms with Crippen molar-refractivity contribution in [2.75, 3.05) is 20.1 Å². The highest BCUT2D eigenvalue weighted by Crippen LogP contribution is 2.33. The van der Waals surface area contributed by atoms with E-state index < -0.39 is 0 Å². The molecule has 0 radical (unpaired) electrons. The number of nitrogens with zero attached hydrogens (tertiary/aromatic N) is 1. The largest absolute Gasteiger partial charge is 0.304 e. The number of benzene rings is 2. The molecular weight excluding hydrogens is 317 g/mol. The van der Waals surface area contributed by atoms with Gasteiger partial charge in [0.2, 0.25) is 0 Å². The van der Waals surface area contributed by atoms with Crippen molar-refractivity contribution in [1.82, 2.24) is 4.90 Å². The van der Waals surface area contributed by atoms with Crippen molar-refractivity contribution in [2.24, 2.45) is 0 Å². The Morgan fingerprint density at radius 1 is 0.909 bits per heavy atom. The van der Waals surface area contributed by atoms with Crippen molar-refractivity contribution in [3.05, 3.63) is 69.7 Å². The van der Waals surface area contributed by atoms with Gasteiger partial charge in [-0.3, -0.25) is 4.79 Å². The fourth-order valence-electron chi connectivity index (χ4n) is 3.08. The molecule has 2 atom stereocenters. The first-order valence-corrected chi connectivity index (χ1v) is 8.03. The minimum Gasteiger partial charge on any atom is -0.304 e. The van der Waals surface area contributed by atoms with Crippen LogP contribution in [0.15, 0.2) is 48.5 Å². The van der Waals surface area contributed by atoms with E-state index in [2.05, 4.69) is 4.90 Å². The molecule has 1 heterocycles. The lowest BCUT2D eigenvalue weighted by molar-refractivity contribution is -0.124. The molecule has 0 amide bonds. The fraction of sp³-hybridized carbons (Fsp3) is 0.278. The number of piperidine rings is 1. The van der Waals surface area contributed by atoms with E-state index in [1.807, 2.05) is 55.6 Å². The Kier molecular flexibility index (Phi) is 4.53. The van der Waals surface area contributed by atoms with Crippen LogP contribution in [0.2, 0.25) is 10.0 Å². The molecule has 0 spiro atoms. The first-order chi connectivity index (χ1) is 10.5. The number of ketones is 1. The molecule has 0 aromatic heterocycles. The summed E-state index contributed by atoms with van der Waals surface area (Å²) in [6.45, 7) is 1.46. The predicted octanol–water partition coefficient (Wildman–Crippen LogP) is 4.38. The van der Waals surface area contributed by atoms with Gasteiger partial charge in [-0.2, -0.15) is 0 Å². The first kappa shape index (κ1) is 15.5. The Bertz CT molecular complexity index is 684. The van der Waals surface area contributed by atoms with Crippen molar-refractivity contribution in [1.29, 1.82) is 0 Å². The number of Topliss-reactive ketones (excluding diaryl/α,β-unsaturated/α-hetero) is 1. The highest BCUT2D eigenvalue weighted by molar-refractivity contribution is 6.30. The van der Waals surface area contributed by atoms with E-state index in [4.69, 9.17) is 23.2 Å². The second-order valence-electron chi connectivity index (χ2n) is 5.84. The molecule has 0 aliphatic carbocycles. The molecule has 1 fully saturated rings. The van der Waals surface area contributed by atoms with Gasteiger partial charge in [0.05, 0.1) is 11.8 Å². The van der Waals surface area contributed by atoms with Crippen LogP contribution in [-0.2, 0) is 4.79 Å². The molecule has 0 saturated carbocycles. The molecule has 1 aliphatic heterocycles. The van der Waals surface area contributed by atoms with Crippen LogP contribution >= 0.6 is 23.2 Å². The van der Waals surface area contributed by atoms with Crippen LogP contribution < -0.4 is 0 Å². The summed E-state index contributed by atoms with van der Waals surface area (Å²) in [6, 6.07) is 15.2. The Balaban J connectivity index is 1.93. The molecule has 2 aromatic carbocycles. The normalized spacial score (nSPS) is 22.8. The number of halogens is 2. The predicted molar refractivity (Wildman–Crippen MR) is 90.9 cm³/mol. The standard InChI is InChI=1S/C18H17Cl2NO/c1-21-10-16(12-5-7-14(19)8-6-12)18(22)17(11-21)13-3-2-4-15(20)9-13/h2-9,16-17H,10-11H2,1H3. The maximum Gasteiger partial charge on any atom is 0.150 e. The maximum atomic E-state index is 13.0. The third-order valence-corrected chi connectivity index (χ3v) is 4.69. The Morgan fingerprint density at radius 3 is 2.18 bits per heavy atom. The van der Waals surface area contributed by atoms with E-state index in [-0.39, 0.29) is 17.6 Å². The second-order valence-corrected chi connectivity index (χ2v) is 6.71. The Labute approximate surface area is 140 Å². The summed E-state index contributed by atoms with van der Waals surface area (Å²) in [5.41, 5.74) is 2.01. The van der Waals surface area contributed by atoms with Crippen molar-refractivity contribution in [3.63, 3.8) is 0 Å². The number of hydrogen-bond donors (Lipinski definition) is 0. The molecule has 22 heavy (non-hydrogen) atoms. The summed E-state index contributed by atoms with van der Waals surface area (Å²) in [6.07, 6.45) is 0. The van der Waals surface area contributed by atoms with Crippen molar-refractivity contribution < 1.29 is 4.79 Å². The summed E-state index contributed by atoms with van der Waals surface area (Å²) in [5.74, 6) is -0.0131. The lowest BCUT2D eigenvalue weighted by Crippen LogP contribution is -2.42. The van der Waals surface area contributed by atoms with Crippen LogP contribution in [0.5, 0.6) is 0 Å². The highest BCUT2D eigenvalue weighted by Gasteiger charge is 2.35. The van der Waals surface area contributed by atoms with Crippen molar-refractivity contribution >= 4 is 29.0 Å². The third kappa shape index (κ3) is 3.19. The molecule has 2 unspecified atom stereocenters. The number of rotatable bonds is 2. The van der Waals surface area contributed by atoms with Crippen LogP contribution in [0.4, 0.5) is 0 Å². The topological polar surface area (TPSA) is 20.3 Å². The van der Waals surface area contributed by atoms with Crippen LogP contribution in [0.1, 0.15) is 23.0 Å². The smallest absolute Gasteiger partial charge is 0.150 e. The maximum absolute atomic E-state index is 13.0. The van der Waals surface area contributed by atoms with Gasteiger partial charge in [-0.1, -0.05) is 47.5 Å². The number of carbonyl (C=O) groups is 1. The lowest BCUT2D eigenvalue weighted by atomic mass is 9.80. The average molecular weight is 334 g/mol. The summed E-state index contributed by atoms with van der Waals surface area (Å²) < 4.78 is 0. The van der Waals surface area contributed by atoms with Crippen molar-refractivity contribution in [3.8, 4) is 0 Å². The monoisotopic (exact) mass is 333 g/mol. The summed E-state index contributed by atoms with van der Waals surface area (Å²) >= 11 is 12.0. The SMILES string of the molecule is CN1CC(c2ccc(Cl)cc2)C(=O)C(c2cccc(Cl)c2)C1. The Hall–Kier alpha value is -1.35. The fourth-order valence-corrected chi connectivity index (χ4v) is 3.40. The Morgan fingerprint density at radius 2 is 1.55 bits per heavy atom. The highest BCUT2D eigenvalue weighted by atomic mass is 35.5. The van der Waals surface area contributed by atoms with Gasteiger partial charge >= 0.3 is 0 Å².